The number of rotatable bonds is 7. The van der Waals surface area contributed by atoms with Crippen LogP contribution >= 0.6 is 11.6 Å². The predicted molar refractivity (Wildman–Crippen MR) is 72.2 cm³/mol. The molecule has 0 aromatic heterocycles. The van der Waals surface area contributed by atoms with E-state index in [4.69, 9.17) is 21.4 Å². The molecule has 0 aliphatic rings. The number of carbonyl (C=O) groups is 1. The van der Waals surface area contributed by atoms with Crippen molar-refractivity contribution >= 4 is 17.6 Å². The summed E-state index contributed by atoms with van der Waals surface area (Å²) in [6, 6.07) is 6.81. The zero-order chi connectivity index (χ0) is 13.5. The molecule has 0 amide bonds. The van der Waals surface area contributed by atoms with Gasteiger partial charge in [-0.2, -0.15) is 0 Å². The molecule has 0 saturated heterocycles. The third-order valence-corrected chi connectivity index (χ3v) is 3.20. The molecule has 3 nitrogen and oxygen atoms in total. The van der Waals surface area contributed by atoms with Crippen LogP contribution in [0.15, 0.2) is 24.3 Å². The van der Waals surface area contributed by atoms with E-state index in [9.17, 15) is 4.79 Å². The van der Waals surface area contributed by atoms with Crippen LogP contribution in [0.3, 0.4) is 0 Å². The quantitative estimate of drug-likeness (QED) is 0.815. The fraction of sp³-hybridized carbons (Fsp3) is 0.500. The Hall–Kier alpha value is -1.22. The molecule has 0 saturated carbocycles. The van der Waals surface area contributed by atoms with Gasteiger partial charge in [0.15, 0.2) is 6.10 Å². The van der Waals surface area contributed by atoms with Crippen LogP contribution in [-0.2, 0) is 4.79 Å². The Bertz CT molecular complexity index is 392. The highest BCUT2D eigenvalue weighted by atomic mass is 35.5. The molecule has 100 valence electrons. The molecule has 18 heavy (non-hydrogen) atoms. The van der Waals surface area contributed by atoms with Gasteiger partial charge in [-0.1, -0.05) is 37.9 Å². The molecule has 0 radical (unpaired) electrons. The minimum atomic E-state index is -0.932. The predicted octanol–water partition coefficient (Wildman–Crippen LogP) is 4.00. The van der Waals surface area contributed by atoms with Crippen molar-refractivity contribution in [1.29, 1.82) is 0 Å². The molecule has 2 unspecified atom stereocenters. The lowest BCUT2D eigenvalue weighted by atomic mass is 10.0. The van der Waals surface area contributed by atoms with Crippen molar-refractivity contribution in [2.75, 3.05) is 0 Å². The van der Waals surface area contributed by atoms with Crippen molar-refractivity contribution in [2.45, 2.75) is 39.2 Å². The van der Waals surface area contributed by atoms with Crippen LogP contribution in [-0.4, -0.2) is 17.2 Å². The summed E-state index contributed by atoms with van der Waals surface area (Å²) in [5.74, 6) is 0.0761. The first-order valence-electron chi connectivity index (χ1n) is 6.18. The Kier molecular flexibility index (Phi) is 5.99. The summed E-state index contributed by atoms with van der Waals surface area (Å²) in [6.07, 6.45) is 1.59. The van der Waals surface area contributed by atoms with Gasteiger partial charge in [-0.25, -0.2) is 4.79 Å². The maximum absolute atomic E-state index is 11.1. The summed E-state index contributed by atoms with van der Waals surface area (Å²) in [6.45, 7) is 4.20. The molecule has 0 bridgehead atoms. The van der Waals surface area contributed by atoms with Crippen molar-refractivity contribution in [2.24, 2.45) is 5.92 Å². The van der Waals surface area contributed by atoms with E-state index in [2.05, 4.69) is 13.8 Å². The average Bonchev–Trinajstić information content (AvgIpc) is 2.33. The standard InChI is InChI=1S/C14H19ClO3/c1-3-10(2)7-8-13(14(16)17)18-12-6-4-5-11(15)9-12/h4-6,9-10,13H,3,7-8H2,1-2H3,(H,16,17). The van der Waals surface area contributed by atoms with Gasteiger partial charge in [-0.15, -0.1) is 0 Å². The first-order chi connectivity index (χ1) is 8.52. The highest BCUT2D eigenvalue weighted by Gasteiger charge is 2.20. The van der Waals surface area contributed by atoms with Crippen molar-refractivity contribution in [1.82, 2.24) is 0 Å². The monoisotopic (exact) mass is 270 g/mol. The van der Waals surface area contributed by atoms with Gasteiger partial charge in [0.1, 0.15) is 5.75 Å². The average molecular weight is 271 g/mol. The summed E-state index contributed by atoms with van der Waals surface area (Å²) >= 11 is 5.83. The Labute approximate surface area is 113 Å². The number of ether oxygens (including phenoxy) is 1. The number of hydrogen-bond donors (Lipinski definition) is 1. The Balaban J connectivity index is 2.60. The van der Waals surface area contributed by atoms with Crippen LogP contribution in [0.5, 0.6) is 5.75 Å². The highest BCUT2D eigenvalue weighted by molar-refractivity contribution is 6.30. The van der Waals surface area contributed by atoms with E-state index in [0.29, 0.717) is 23.1 Å². The van der Waals surface area contributed by atoms with Crippen LogP contribution in [0.1, 0.15) is 33.1 Å². The Morgan fingerprint density at radius 2 is 2.17 bits per heavy atom. The molecule has 4 heteroatoms. The lowest BCUT2D eigenvalue weighted by Crippen LogP contribution is -2.27. The second kappa shape index (κ2) is 7.27. The third kappa shape index (κ3) is 4.96. The first-order valence-corrected chi connectivity index (χ1v) is 6.55. The van der Waals surface area contributed by atoms with Gasteiger partial charge in [0.25, 0.3) is 0 Å². The molecule has 2 atom stereocenters. The molecule has 1 aromatic carbocycles. The molecule has 1 aromatic rings. The number of benzene rings is 1. The van der Waals surface area contributed by atoms with Gasteiger partial charge in [-0.05, 0) is 37.0 Å². The number of hydrogen-bond acceptors (Lipinski definition) is 2. The third-order valence-electron chi connectivity index (χ3n) is 2.97. The van der Waals surface area contributed by atoms with E-state index in [1.807, 2.05) is 0 Å². The number of carboxylic acids is 1. The fourth-order valence-corrected chi connectivity index (χ4v) is 1.76. The topological polar surface area (TPSA) is 46.5 Å². The zero-order valence-corrected chi connectivity index (χ0v) is 11.5. The van der Waals surface area contributed by atoms with Gasteiger partial charge in [0, 0.05) is 5.02 Å². The molecule has 0 aliphatic carbocycles. The Morgan fingerprint density at radius 3 is 2.72 bits per heavy atom. The molecular formula is C14H19ClO3. The normalized spacial score (nSPS) is 13.9. The lowest BCUT2D eigenvalue weighted by molar-refractivity contribution is -0.145. The Morgan fingerprint density at radius 1 is 1.44 bits per heavy atom. The maximum Gasteiger partial charge on any atom is 0.344 e. The van der Waals surface area contributed by atoms with Gasteiger partial charge in [0.05, 0.1) is 0 Å². The number of halogens is 1. The van der Waals surface area contributed by atoms with Crippen LogP contribution in [0, 0.1) is 5.92 Å². The van der Waals surface area contributed by atoms with E-state index in [1.165, 1.54) is 0 Å². The minimum Gasteiger partial charge on any atom is -0.479 e. The largest absolute Gasteiger partial charge is 0.479 e. The van der Waals surface area contributed by atoms with Gasteiger partial charge in [-0.3, -0.25) is 0 Å². The van der Waals surface area contributed by atoms with Crippen molar-refractivity contribution in [3.05, 3.63) is 29.3 Å². The van der Waals surface area contributed by atoms with Crippen molar-refractivity contribution in [3.63, 3.8) is 0 Å². The van der Waals surface area contributed by atoms with Crippen LogP contribution in [0.4, 0.5) is 0 Å². The molecule has 0 spiro atoms. The zero-order valence-electron chi connectivity index (χ0n) is 10.7. The molecule has 1 rings (SSSR count). The van der Waals surface area contributed by atoms with E-state index in [1.54, 1.807) is 24.3 Å². The molecular weight excluding hydrogens is 252 g/mol. The molecule has 0 fully saturated rings. The molecule has 0 heterocycles. The van der Waals surface area contributed by atoms with Crippen LogP contribution < -0.4 is 4.74 Å². The summed E-state index contributed by atoms with van der Waals surface area (Å²) < 4.78 is 5.47. The second-order valence-electron chi connectivity index (χ2n) is 4.49. The molecule has 1 N–H and O–H groups in total. The molecule has 0 aliphatic heterocycles. The van der Waals surface area contributed by atoms with Crippen LogP contribution in [0.25, 0.3) is 0 Å². The lowest BCUT2D eigenvalue weighted by Gasteiger charge is -2.17. The maximum atomic E-state index is 11.1. The van der Waals surface area contributed by atoms with E-state index in [-0.39, 0.29) is 0 Å². The SMILES string of the molecule is CCC(C)CCC(Oc1cccc(Cl)c1)C(=O)O. The number of aliphatic carboxylic acids is 1. The minimum absolute atomic E-state index is 0.499. The van der Waals surface area contributed by atoms with Crippen molar-refractivity contribution in [3.8, 4) is 5.75 Å². The van der Waals surface area contributed by atoms with E-state index >= 15 is 0 Å². The van der Waals surface area contributed by atoms with Gasteiger partial charge in [0.2, 0.25) is 0 Å². The summed E-state index contributed by atoms with van der Waals surface area (Å²) in [7, 11) is 0. The van der Waals surface area contributed by atoms with Crippen molar-refractivity contribution < 1.29 is 14.6 Å². The van der Waals surface area contributed by atoms with Gasteiger partial charge < -0.3 is 9.84 Å². The first kappa shape index (κ1) is 14.8. The smallest absolute Gasteiger partial charge is 0.344 e. The summed E-state index contributed by atoms with van der Waals surface area (Å²) in [5.41, 5.74) is 0. The summed E-state index contributed by atoms with van der Waals surface area (Å²) in [4.78, 5) is 11.1. The highest BCUT2D eigenvalue weighted by Crippen LogP contribution is 2.21. The van der Waals surface area contributed by atoms with Crippen LogP contribution in [0.2, 0.25) is 5.02 Å². The summed E-state index contributed by atoms with van der Waals surface area (Å²) in [5, 5.41) is 9.67. The van der Waals surface area contributed by atoms with Gasteiger partial charge >= 0.3 is 5.97 Å². The van der Waals surface area contributed by atoms with E-state index in [0.717, 1.165) is 12.8 Å². The number of carboxylic acid groups (broad SMARTS) is 1. The van der Waals surface area contributed by atoms with E-state index < -0.39 is 12.1 Å². The second-order valence-corrected chi connectivity index (χ2v) is 4.93. The fourth-order valence-electron chi connectivity index (χ4n) is 1.58.